The summed E-state index contributed by atoms with van der Waals surface area (Å²) in [5.74, 6) is -3.01. The highest BCUT2D eigenvalue weighted by atomic mass is 19.1. The van der Waals surface area contributed by atoms with Gasteiger partial charge in [-0.2, -0.15) is 5.10 Å². The van der Waals surface area contributed by atoms with Gasteiger partial charge in [-0.3, -0.25) is 9.48 Å². The third kappa shape index (κ3) is 4.64. The van der Waals surface area contributed by atoms with Gasteiger partial charge in [0.1, 0.15) is 0 Å². The largest absolute Gasteiger partial charge is 0.503 e. The predicted octanol–water partition coefficient (Wildman–Crippen LogP) is 4.67. The number of halogens is 2. The Morgan fingerprint density at radius 3 is 2.68 bits per heavy atom. The third-order valence-corrected chi connectivity index (χ3v) is 7.25. The molecule has 190 valence electrons. The summed E-state index contributed by atoms with van der Waals surface area (Å²) in [6, 6.07) is 8.00. The molecule has 1 aliphatic carbocycles. The molecule has 2 aliphatic rings. The number of hydrogen-bond acceptors (Lipinski definition) is 6. The predicted molar refractivity (Wildman–Crippen MR) is 131 cm³/mol. The van der Waals surface area contributed by atoms with E-state index in [9.17, 15) is 18.7 Å². The van der Waals surface area contributed by atoms with Crippen LogP contribution >= 0.6 is 0 Å². The van der Waals surface area contributed by atoms with Crippen molar-refractivity contribution in [2.45, 2.75) is 44.9 Å². The second kappa shape index (κ2) is 9.51. The van der Waals surface area contributed by atoms with Crippen LogP contribution in [0.5, 0.6) is 5.75 Å². The van der Waals surface area contributed by atoms with Gasteiger partial charge in [0.05, 0.1) is 30.5 Å². The molecular weight excluding hydrogens is 480 g/mol. The molecule has 0 spiro atoms. The summed E-state index contributed by atoms with van der Waals surface area (Å²) in [5, 5.41) is 17.9. The molecule has 2 N–H and O–H groups in total. The second-order valence-electron chi connectivity index (χ2n) is 9.71. The summed E-state index contributed by atoms with van der Waals surface area (Å²) >= 11 is 0. The molecule has 1 amide bonds. The fourth-order valence-corrected chi connectivity index (χ4v) is 5.09. The molecule has 2 aromatic carbocycles. The first kappa shape index (κ1) is 23.5. The molecule has 2 aromatic heterocycles. The van der Waals surface area contributed by atoms with Gasteiger partial charge in [-0.1, -0.05) is 12.1 Å². The normalized spacial score (nSPS) is 19.2. The topological polar surface area (TPSA) is 102 Å². The maximum Gasteiger partial charge on any atom is 0.251 e. The number of ether oxygens (including phenoxy) is 1. The zero-order chi connectivity index (χ0) is 25.5. The molecule has 3 heterocycles. The summed E-state index contributed by atoms with van der Waals surface area (Å²) in [6.45, 7) is 1.50. The molecule has 8 nitrogen and oxygen atoms in total. The minimum Gasteiger partial charge on any atom is -0.503 e. The van der Waals surface area contributed by atoms with E-state index >= 15 is 0 Å². The maximum atomic E-state index is 13.5. The minimum absolute atomic E-state index is 0.150. The molecule has 6 rings (SSSR count). The van der Waals surface area contributed by atoms with E-state index in [0.29, 0.717) is 25.6 Å². The molecule has 0 radical (unpaired) electrons. The van der Waals surface area contributed by atoms with E-state index in [-0.39, 0.29) is 17.5 Å². The fraction of sp³-hybridized carbons (Fsp3) is 0.333. The number of phenolic OH excluding ortho intramolecular Hbond substituents is 1. The van der Waals surface area contributed by atoms with Crippen LogP contribution in [-0.4, -0.2) is 37.3 Å². The second-order valence-corrected chi connectivity index (χ2v) is 9.71. The molecule has 1 fully saturated rings. The van der Waals surface area contributed by atoms with Gasteiger partial charge in [-0.25, -0.2) is 18.7 Å². The molecule has 0 atom stereocenters. The first-order valence-corrected chi connectivity index (χ1v) is 12.3. The molecule has 1 aliphatic heterocycles. The highest BCUT2D eigenvalue weighted by Crippen LogP contribution is 2.33. The van der Waals surface area contributed by atoms with E-state index in [1.54, 1.807) is 0 Å². The van der Waals surface area contributed by atoms with E-state index in [1.165, 1.54) is 0 Å². The van der Waals surface area contributed by atoms with E-state index in [0.717, 1.165) is 65.5 Å². The number of nitrogens with zero attached hydrogens (tertiary/aromatic N) is 4. The number of amides is 1. The van der Waals surface area contributed by atoms with Crippen LogP contribution in [0.3, 0.4) is 0 Å². The van der Waals surface area contributed by atoms with Gasteiger partial charge in [-0.05, 0) is 49.8 Å². The summed E-state index contributed by atoms with van der Waals surface area (Å²) in [7, 11) is 0. The van der Waals surface area contributed by atoms with Crippen molar-refractivity contribution < 1.29 is 23.4 Å². The summed E-state index contributed by atoms with van der Waals surface area (Å²) in [6.07, 6.45) is 7.52. The Kier molecular flexibility index (Phi) is 6.03. The first-order valence-electron chi connectivity index (χ1n) is 12.3. The number of carbonyl (C=O) groups is 1. The van der Waals surface area contributed by atoms with Crippen LogP contribution in [0.2, 0.25) is 0 Å². The Morgan fingerprint density at radius 1 is 1.11 bits per heavy atom. The molecule has 0 unspecified atom stereocenters. The number of phenols is 1. The van der Waals surface area contributed by atoms with Gasteiger partial charge in [0.2, 0.25) is 0 Å². The summed E-state index contributed by atoms with van der Waals surface area (Å²) in [5.41, 5.74) is 3.63. The van der Waals surface area contributed by atoms with Crippen LogP contribution in [0.15, 0.2) is 42.7 Å². The SMILES string of the molecule is O=C(NC[C@H]1CC[C@H](n2cc3ccc(-c4ncc5c(n4)COC5)cc3n2)CC1)c1cc(F)c(O)c(F)c1. The molecule has 0 saturated heterocycles. The Balaban J connectivity index is 1.07. The number of nitrogens with one attached hydrogen (secondary N) is 1. The average molecular weight is 506 g/mol. The van der Waals surface area contributed by atoms with E-state index in [4.69, 9.17) is 9.84 Å². The van der Waals surface area contributed by atoms with Gasteiger partial charge in [-0.15, -0.1) is 0 Å². The summed E-state index contributed by atoms with van der Waals surface area (Å²) in [4.78, 5) is 21.5. The van der Waals surface area contributed by atoms with Gasteiger partial charge in [0, 0.05) is 41.0 Å². The standard InChI is InChI=1S/C27H25F2N5O3/c28-21-7-18(8-22(29)25(21)35)27(36)31-10-15-1-5-20(6-2-15)34-12-17-4-3-16(9-23(17)33-34)26-30-11-19-13-37-14-24(19)32-26/h3-4,7-9,11-12,15,20,35H,1-2,5-6,10,13-14H2,(H,31,36)/t15-,20-. The van der Waals surface area contributed by atoms with Gasteiger partial charge < -0.3 is 15.2 Å². The van der Waals surface area contributed by atoms with Crippen LogP contribution in [0.1, 0.15) is 53.3 Å². The van der Waals surface area contributed by atoms with Crippen molar-refractivity contribution in [2.75, 3.05) is 6.54 Å². The molecular formula is C27H25F2N5O3. The van der Waals surface area contributed by atoms with Crippen LogP contribution in [0.4, 0.5) is 8.78 Å². The maximum absolute atomic E-state index is 13.5. The Morgan fingerprint density at radius 2 is 1.89 bits per heavy atom. The van der Waals surface area contributed by atoms with Crippen molar-refractivity contribution in [2.24, 2.45) is 5.92 Å². The van der Waals surface area contributed by atoms with Crippen LogP contribution in [-0.2, 0) is 18.0 Å². The van der Waals surface area contributed by atoms with Crippen LogP contribution < -0.4 is 5.32 Å². The third-order valence-electron chi connectivity index (χ3n) is 7.25. The number of aromatic nitrogens is 4. The van der Waals surface area contributed by atoms with Crippen molar-refractivity contribution in [3.63, 3.8) is 0 Å². The Hall–Kier alpha value is -3.92. The van der Waals surface area contributed by atoms with Crippen molar-refractivity contribution in [1.82, 2.24) is 25.1 Å². The fourth-order valence-electron chi connectivity index (χ4n) is 5.09. The van der Waals surface area contributed by atoms with Gasteiger partial charge in [0.15, 0.2) is 23.2 Å². The monoisotopic (exact) mass is 505 g/mol. The lowest BCUT2D eigenvalue weighted by molar-refractivity contribution is 0.0940. The van der Waals surface area contributed by atoms with Gasteiger partial charge >= 0.3 is 0 Å². The molecule has 1 saturated carbocycles. The minimum atomic E-state index is -1.15. The number of rotatable bonds is 5. The molecule has 4 aromatic rings. The molecule has 37 heavy (non-hydrogen) atoms. The van der Waals surface area contributed by atoms with Crippen LogP contribution in [0.25, 0.3) is 22.3 Å². The van der Waals surface area contributed by atoms with E-state index in [1.807, 2.05) is 29.1 Å². The van der Waals surface area contributed by atoms with Crippen molar-refractivity contribution in [1.29, 1.82) is 0 Å². The molecule has 0 bridgehead atoms. The van der Waals surface area contributed by atoms with Gasteiger partial charge in [0.25, 0.3) is 5.91 Å². The van der Waals surface area contributed by atoms with E-state index < -0.39 is 23.3 Å². The highest BCUT2D eigenvalue weighted by molar-refractivity contribution is 5.94. The number of carbonyl (C=O) groups excluding carboxylic acids is 1. The zero-order valence-corrected chi connectivity index (χ0v) is 20.0. The molecule has 10 heteroatoms. The smallest absolute Gasteiger partial charge is 0.251 e. The number of fused-ring (bicyclic) bond motifs is 2. The van der Waals surface area contributed by atoms with Crippen LogP contribution in [0, 0.1) is 17.6 Å². The van der Waals surface area contributed by atoms with Crippen molar-refractivity contribution in [3.05, 3.63) is 71.2 Å². The average Bonchev–Trinajstić information content (AvgIpc) is 3.56. The lowest BCUT2D eigenvalue weighted by Gasteiger charge is -2.28. The number of aromatic hydroxyl groups is 1. The first-order chi connectivity index (χ1) is 17.9. The summed E-state index contributed by atoms with van der Waals surface area (Å²) < 4.78 is 34.6. The highest BCUT2D eigenvalue weighted by Gasteiger charge is 2.24. The Bertz CT molecular complexity index is 1470. The number of hydrogen-bond donors (Lipinski definition) is 2. The quantitative estimate of drug-likeness (QED) is 0.409. The number of benzene rings is 2. The van der Waals surface area contributed by atoms with Crippen molar-refractivity contribution in [3.8, 4) is 17.1 Å². The van der Waals surface area contributed by atoms with Crippen molar-refractivity contribution >= 4 is 16.8 Å². The zero-order valence-electron chi connectivity index (χ0n) is 20.0. The lowest BCUT2D eigenvalue weighted by Crippen LogP contribution is -2.31. The van der Waals surface area contributed by atoms with E-state index in [2.05, 4.69) is 21.5 Å². The lowest BCUT2D eigenvalue weighted by atomic mass is 9.86. The Labute approximate surface area is 211 Å².